The summed E-state index contributed by atoms with van der Waals surface area (Å²) >= 11 is 1.07. The molecule has 0 saturated carbocycles. The molecule has 4 atom stereocenters. The van der Waals surface area contributed by atoms with Gasteiger partial charge in [0.15, 0.2) is 28.8 Å². The lowest BCUT2D eigenvalue weighted by Crippen LogP contribution is -2.76. The van der Waals surface area contributed by atoms with Crippen LogP contribution in [-0.2, 0) is 36.8 Å². The molecule has 11 nitrogen and oxygen atoms in total. The third-order valence-corrected chi connectivity index (χ3v) is 9.40. The van der Waals surface area contributed by atoms with E-state index in [1.807, 2.05) is 19.1 Å². The maximum absolute atomic E-state index is 16.2. The van der Waals surface area contributed by atoms with Gasteiger partial charge >= 0.3 is 12.0 Å². The molecule has 14 heteroatoms. The number of hydrogen-bond acceptors (Lipinski definition) is 10. The summed E-state index contributed by atoms with van der Waals surface area (Å²) in [5.74, 6) is -4.72. The number of ether oxygens (including phenoxy) is 2. The van der Waals surface area contributed by atoms with Crippen molar-refractivity contribution in [3.8, 4) is 10.6 Å². The fourth-order valence-corrected chi connectivity index (χ4v) is 7.39. The molecule has 0 N–H and O–H groups in total. The Kier molecular flexibility index (Phi) is 7.68. The van der Waals surface area contributed by atoms with Crippen molar-refractivity contribution in [1.29, 1.82) is 0 Å². The van der Waals surface area contributed by atoms with E-state index in [0.29, 0.717) is 10.6 Å². The summed E-state index contributed by atoms with van der Waals surface area (Å²) in [6.45, 7) is 7.25. The Balaban J connectivity index is 1.56. The molecule has 0 radical (unpaired) electrons. The van der Waals surface area contributed by atoms with Crippen LogP contribution in [0.2, 0.25) is 0 Å². The number of morpholine rings is 1. The van der Waals surface area contributed by atoms with E-state index < -0.39 is 65.8 Å². The number of esters is 1. The summed E-state index contributed by atoms with van der Waals surface area (Å²) in [6, 6.07) is 6.50. The smallest absolute Gasteiger partial charge is 0.336 e. The minimum absolute atomic E-state index is 0.0355. The number of fused-ring (bicyclic) bond motifs is 4. The number of carbonyl (C=O) groups excluding carboxylic acids is 4. The zero-order valence-electron chi connectivity index (χ0n) is 25.3. The lowest BCUT2D eigenvalue weighted by Gasteiger charge is -2.57. The Hall–Kier alpha value is -4.30. The monoisotopic (exact) mass is 639 g/mol. The van der Waals surface area contributed by atoms with Crippen LogP contribution in [0.3, 0.4) is 0 Å². The van der Waals surface area contributed by atoms with Gasteiger partial charge in [0.1, 0.15) is 5.01 Å². The zero-order valence-corrected chi connectivity index (χ0v) is 26.1. The van der Waals surface area contributed by atoms with Crippen LogP contribution in [0.25, 0.3) is 10.6 Å². The first-order valence-corrected chi connectivity index (χ1v) is 15.2. The number of aromatic nitrogens is 2. The lowest BCUT2D eigenvalue weighted by molar-refractivity contribution is -0.172. The molecule has 3 aliphatic heterocycles. The minimum Gasteiger partial charge on any atom is -0.444 e. The number of amides is 4. The van der Waals surface area contributed by atoms with Gasteiger partial charge in [-0.3, -0.25) is 19.3 Å². The third kappa shape index (κ3) is 4.96. The lowest BCUT2D eigenvalue weighted by atomic mass is 9.65. The van der Waals surface area contributed by atoms with Crippen molar-refractivity contribution in [3.63, 3.8) is 0 Å². The van der Waals surface area contributed by atoms with Crippen LogP contribution in [0.5, 0.6) is 0 Å². The van der Waals surface area contributed by atoms with Crippen molar-refractivity contribution in [2.75, 3.05) is 18.2 Å². The number of barbiturate groups is 1. The molecule has 2 fully saturated rings. The largest absolute Gasteiger partial charge is 0.444 e. The quantitative estimate of drug-likeness (QED) is 0.300. The molecule has 236 valence electrons. The number of halogens is 2. The zero-order chi connectivity index (χ0) is 32.4. The number of benzene rings is 2. The summed E-state index contributed by atoms with van der Waals surface area (Å²) in [4.78, 5) is 58.1. The van der Waals surface area contributed by atoms with Gasteiger partial charge in [-0.2, -0.15) is 0 Å². The van der Waals surface area contributed by atoms with Gasteiger partial charge < -0.3 is 14.4 Å². The van der Waals surface area contributed by atoms with Crippen molar-refractivity contribution < 1.29 is 37.4 Å². The number of hydrogen-bond donors (Lipinski definition) is 0. The van der Waals surface area contributed by atoms with Crippen molar-refractivity contribution >= 4 is 40.8 Å². The van der Waals surface area contributed by atoms with Crippen LogP contribution in [0.15, 0.2) is 30.3 Å². The highest BCUT2D eigenvalue weighted by atomic mass is 32.1. The maximum Gasteiger partial charge on any atom is 0.336 e. The first-order chi connectivity index (χ1) is 21.3. The standard InChI is InChI=1S/C31H31F2N5O6S/c1-15-6-8-20(9-7-15)13-37-28(40)31(29(41)38(30(37)42)14-43-19(5)39)11-21-10-22(27-35-34-18(4)45-27)23(32)24(33)25(21)36-12-16(2)44-17(3)26(31)36/h6-10,16-17,26H,11-14H2,1-5H3/t16?,17?,26-,31?/m0/s1. The van der Waals surface area contributed by atoms with E-state index in [9.17, 15) is 19.2 Å². The topological polar surface area (TPSA) is 122 Å². The van der Waals surface area contributed by atoms with Crippen LogP contribution in [0.1, 0.15) is 42.5 Å². The summed E-state index contributed by atoms with van der Waals surface area (Å²) in [6.07, 6.45) is -1.67. The molecule has 0 aliphatic carbocycles. The molecule has 2 aromatic carbocycles. The molecular weight excluding hydrogens is 608 g/mol. The second-order valence-electron chi connectivity index (χ2n) is 11.7. The van der Waals surface area contributed by atoms with Gasteiger partial charge in [0.05, 0.1) is 36.0 Å². The van der Waals surface area contributed by atoms with Crippen LogP contribution < -0.4 is 4.90 Å². The number of anilines is 1. The fraction of sp³-hybridized carbons (Fsp3) is 0.419. The molecule has 3 aliphatic rings. The Labute approximate surface area is 261 Å². The molecule has 45 heavy (non-hydrogen) atoms. The van der Waals surface area contributed by atoms with E-state index in [0.717, 1.165) is 33.6 Å². The highest BCUT2D eigenvalue weighted by molar-refractivity contribution is 7.14. The SMILES string of the molecule is CC(=O)OCN1C(=O)N(Cc2ccc(C)cc2)C(=O)C2(Cc3cc(-c4nnc(C)s4)c(F)c(F)c3N3CC(C)OC(C)[C@H]32)C1=O. The fourth-order valence-electron chi connectivity index (χ4n) is 6.69. The van der Waals surface area contributed by atoms with E-state index >= 15 is 8.78 Å². The number of aryl methyl sites for hydroxylation is 2. The average Bonchev–Trinajstić information content (AvgIpc) is 3.42. The van der Waals surface area contributed by atoms with Crippen molar-refractivity contribution in [2.24, 2.45) is 5.41 Å². The number of rotatable bonds is 5. The van der Waals surface area contributed by atoms with Crippen LogP contribution in [0.4, 0.5) is 19.3 Å². The second kappa shape index (κ2) is 11.2. The minimum atomic E-state index is -2.02. The van der Waals surface area contributed by atoms with Crippen LogP contribution in [0, 0.1) is 30.9 Å². The van der Waals surface area contributed by atoms with Gasteiger partial charge in [-0.05, 0) is 44.9 Å². The average molecular weight is 640 g/mol. The third-order valence-electron chi connectivity index (χ3n) is 8.53. The Morgan fingerprint density at radius 1 is 1.07 bits per heavy atom. The Bertz CT molecular complexity index is 1730. The predicted octanol–water partition coefficient (Wildman–Crippen LogP) is 4.14. The highest BCUT2D eigenvalue weighted by Gasteiger charge is 2.67. The maximum atomic E-state index is 16.2. The van der Waals surface area contributed by atoms with Crippen LogP contribution in [-0.4, -0.2) is 75.3 Å². The molecule has 4 heterocycles. The molecule has 2 saturated heterocycles. The molecule has 1 spiro atoms. The summed E-state index contributed by atoms with van der Waals surface area (Å²) in [7, 11) is 0. The van der Waals surface area contributed by atoms with Gasteiger partial charge in [-0.15, -0.1) is 10.2 Å². The molecule has 3 aromatic rings. The van der Waals surface area contributed by atoms with E-state index in [1.54, 1.807) is 32.9 Å². The summed E-state index contributed by atoms with van der Waals surface area (Å²) in [5, 5.41) is 8.60. The van der Waals surface area contributed by atoms with Gasteiger partial charge in [-0.1, -0.05) is 41.2 Å². The normalized spacial score (nSPS) is 24.6. The van der Waals surface area contributed by atoms with Gasteiger partial charge in [0.25, 0.3) is 5.91 Å². The van der Waals surface area contributed by atoms with E-state index in [4.69, 9.17) is 9.47 Å². The molecular formula is C31H31F2N5O6S. The molecule has 6 rings (SSSR count). The van der Waals surface area contributed by atoms with E-state index in [-0.39, 0.29) is 41.3 Å². The van der Waals surface area contributed by atoms with Gasteiger partial charge in [-0.25, -0.2) is 18.5 Å². The van der Waals surface area contributed by atoms with Crippen molar-refractivity contribution in [2.45, 2.75) is 65.8 Å². The number of urea groups is 1. The summed E-state index contributed by atoms with van der Waals surface area (Å²) < 4.78 is 43.1. The second-order valence-corrected chi connectivity index (χ2v) is 12.9. The van der Waals surface area contributed by atoms with Crippen molar-refractivity contribution in [3.05, 3.63) is 63.7 Å². The van der Waals surface area contributed by atoms with Gasteiger partial charge in [0, 0.05) is 19.9 Å². The first-order valence-electron chi connectivity index (χ1n) is 14.4. The Morgan fingerprint density at radius 3 is 2.40 bits per heavy atom. The first kappa shape index (κ1) is 30.7. The number of nitrogens with zero attached hydrogens (tertiary/aromatic N) is 5. The van der Waals surface area contributed by atoms with Crippen molar-refractivity contribution in [1.82, 2.24) is 20.0 Å². The predicted molar refractivity (Wildman–Crippen MR) is 158 cm³/mol. The molecule has 0 bridgehead atoms. The Morgan fingerprint density at radius 2 is 1.76 bits per heavy atom. The molecule has 4 amide bonds. The molecule has 1 aromatic heterocycles. The molecule has 3 unspecified atom stereocenters. The number of imide groups is 2. The van der Waals surface area contributed by atoms with E-state index in [1.165, 1.54) is 11.0 Å². The summed E-state index contributed by atoms with van der Waals surface area (Å²) in [5.41, 5.74) is -0.479. The van der Waals surface area contributed by atoms with Gasteiger partial charge in [0.2, 0.25) is 5.91 Å². The van der Waals surface area contributed by atoms with E-state index in [2.05, 4.69) is 10.2 Å². The highest BCUT2D eigenvalue weighted by Crippen LogP contribution is 2.51. The van der Waals surface area contributed by atoms with Crippen LogP contribution >= 0.6 is 11.3 Å². The number of carbonyl (C=O) groups is 4.